The number of aromatic hydroxyl groups is 1. The molecule has 0 radical (unpaired) electrons. The zero-order valence-corrected chi connectivity index (χ0v) is 21.4. The molecule has 2 N–H and O–H groups in total. The second-order valence-electron chi connectivity index (χ2n) is 6.99. The first-order valence-corrected chi connectivity index (χ1v) is 12.2. The lowest BCUT2D eigenvalue weighted by Crippen LogP contribution is -2.20. The van der Waals surface area contributed by atoms with Gasteiger partial charge < -0.3 is 9.84 Å². The smallest absolute Gasteiger partial charge is 0.250 e. The number of pyridine rings is 1. The summed E-state index contributed by atoms with van der Waals surface area (Å²) in [5.41, 5.74) is 4.75. The molecule has 0 unspecified atom stereocenters. The van der Waals surface area contributed by atoms with E-state index in [4.69, 9.17) is 16.3 Å². The van der Waals surface area contributed by atoms with Crippen LogP contribution >= 0.6 is 39.3 Å². The van der Waals surface area contributed by atoms with Gasteiger partial charge in [0.25, 0.3) is 5.91 Å². The van der Waals surface area contributed by atoms with E-state index in [0.29, 0.717) is 26.0 Å². The van der Waals surface area contributed by atoms with Gasteiger partial charge in [-0.05, 0) is 70.0 Å². The molecule has 35 heavy (non-hydrogen) atoms. The van der Waals surface area contributed by atoms with E-state index >= 15 is 0 Å². The number of carbonyl (C=O) groups is 1. The molecule has 0 aliphatic rings. The zero-order valence-electron chi connectivity index (χ0n) is 18.2. The summed E-state index contributed by atoms with van der Waals surface area (Å²) in [6.07, 6.45) is 4.81. The van der Waals surface area contributed by atoms with Gasteiger partial charge >= 0.3 is 0 Å². The van der Waals surface area contributed by atoms with E-state index in [-0.39, 0.29) is 23.2 Å². The minimum Gasteiger partial charge on any atom is -0.503 e. The average molecular weight is 574 g/mol. The standard InChI is InChI=1S/C23H18BrClN6O3S/c1-34-19-11-14(10-18(24)21(19)33)12-27-28-20(32)13-35-23-30-29-22(15-6-8-26-9-7-15)31(23)17-4-2-16(25)3-5-17/h2-12,33H,13H2,1H3,(H,28,32)/b27-12+. The Morgan fingerprint density at radius 1 is 1.23 bits per heavy atom. The molecule has 0 fully saturated rings. The largest absolute Gasteiger partial charge is 0.503 e. The van der Waals surface area contributed by atoms with Crippen molar-refractivity contribution in [2.75, 3.05) is 12.9 Å². The Bertz CT molecular complexity index is 1370. The summed E-state index contributed by atoms with van der Waals surface area (Å²) in [5, 5.41) is 23.6. The molecular weight excluding hydrogens is 556 g/mol. The van der Waals surface area contributed by atoms with Crippen LogP contribution in [0.4, 0.5) is 0 Å². The fourth-order valence-electron chi connectivity index (χ4n) is 3.04. The number of methoxy groups -OCH3 is 1. The number of halogens is 2. The van der Waals surface area contributed by atoms with Gasteiger partial charge in [0, 0.05) is 28.7 Å². The fourth-order valence-corrected chi connectivity index (χ4v) is 4.37. The fraction of sp³-hybridized carbons (Fsp3) is 0.0870. The molecule has 4 aromatic rings. The third-order valence-electron chi connectivity index (χ3n) is 4.66. The number of phenolic OH excluding ortho intramolecular Hbond substituents is 1. The van der Waals surface area contributed by atoms with Crippen molar-refractivity contribution in [1.82, 2.24) is 25.2 Å². The molecule has 0 saturated carbocycles. The maximum absolute atomic E-state index is 12.4. The summed E-state index contributed by atoms with van der Waals surface area (Å²) < 4.78 is 7.42. The number of amides is 1. The van der Waals surface area contributed by atoms with Gasteiger partial charge in [0.2, 0.25) is 0 Å². The predicted molar refractivity (Wildman–Crippen MR) is 138 cm³/mol. The second kappa shape index (κ2) is 11.3. The van der Waals surface area contributed by atoms with Crippen molar-refractivity contribution in [3.05, 3.63) is 76.0 Å². The molecule has 178 valence electrons. The van der Waals surface area contributed by atoms with E-state index < -0.39 is 0 Å². The third-order valence-corrected chi connectivity index (χ3v) is 6.45. The summed E-state index contributed by atoms with van der Waals surface area (Å²) in [7, 11) is 1.45. The lowest BCUT2D eigenvalue weighted by Gasteiger charge is -2.10. The highest BCUT2D eigenvalue weighted by atomic mass is 79.9. The van der Waals surface area contributed by atoms with Crippen LogP contribution in [0.5, 0.6) is 11.5 Å². The van der Waals surface area contributed by atoms with E-state index in [1.807, 2.05) is 28.8 Å². The molecule has 1 amide bonds. The number of hydrogen-bond acceptors (Lipinski definition) is 8. The van der Waals surface area contributed by atoms with Crippen LogP contribution in [-0.4, -0.2) is 49.8 Å². The summed E-state index contributed by atoms with van der Waals surface area (Å²) >= 11 is 10.5. The molecule has 0 atom stereocenters. The SMILES string of the molecule is COc1cc(/C=N/NC(=O)CSc2nnc(-c3ccncc3)n2-c2ccc(Cl)cc2)cc(Br)c1O. The molecule has 0 aliphatic carbocycles. The Labute approximate surface area is 218 Å². The van der Waals surface area contributed by atoms with Crippen LogP contribution in [0.3, 0.4) is 0 Å². The van der Waals surface area contributed by atoms with Gasteiger partial charge in [0.15, 0.2) is 22.5 Å². The number of ether oxygens (including phenoxy) is 1. The lowest BCUT2D eigenvalue weighted by molar-refractivity contribution is -0.118. The van der Waals surface area contributed by atoms with Crippen LogP contribution in [-0.2, 0) is 4.79 Å². The van der Waals surface area contributed by atoms with Crippen molar-refractivity contribution in [1.29, 1.82) is 0 Å². The van der Waals surface area contributed by atoms with Gasteiger partial charge in [-0.15, -0.1) is 10.2 Å². The van der Waals surface area contributed by atoms with Crippen LogP contribution < -0.4 is 10.2 Å². The first-order chi connectivity index (χ1) is 17.0. The number of carbonyl (C=O) groups excluding carboxylic acids is 1. The molecule has 2 aromatic heterocycles. The minimum absolute atomic E-state index is 0.0129. The molecule has 9 nitrogen and oxygen atoms in total. The summed E-state index contributed by atoms with van der Waals surface area (Å²) in [5.74, 6) is 0.618. The molecule has 0 bridgehead atoms. The normalized spacial score (nSPS) is 11.1. The third kappa shape index (κ3) is 5.99. The van der Waals surface area contributed by atoms with Crippen molar-refractivity contribution in [2.45, 2.75) is 5.16 Å². The van der Waals surface area contributed by atoms with E-state index in [9.17, 15) is 9.90 Å². The van der Waals surface area contributed by atoms with Crippen LogP contribution in [0.25, 0.3) is 17.1 Å². The Kier molecular flexibility index (Phi) is 8.01. The summed E-state index contributed by atoms with van der Waals surface area (Å²) in [6, 6.07) is 14.2. The van der Waals surface area contributed by atoms with E-state index in [1.54, 1.807) is 36.7 Å². The van der Waals surface area contributed by atoms with Crippen LogP contribution in [0.15, 0.2) is 75.7 Å². The number of rotatable bonds is 8. The van der Waals surface area contributed by atoms with Gasteiger partial charge in [-0.2, -0.15) is 5.10 Å². The topological polar surface area (TPSA) is 115 Å². The Balaban J connectivity index is 1.48. The molecule has 0 aliphatic heterocycles. The highest BCUT2D eigenvalue weighted by Crippen LogP contribution is 2.34. The van der Waals surface area contributed by atoms with Gasteiger partial charge in [-0.3, -0.25) is 14.3 Å². The molecule has 0 spiro atoms. The monoisotopic (exact) mass is 572 g/mol. The minimum atomic E-state index is -0.327. The first kappa shape index (κ1) is 24.7. The predicted octanol–water partition coefficient (Wildman–Crippen LogP) is 4.70. The van der Waals surface area contributed by atoms with Crippen molar-refractivity contribution < 1.29 is 14.6 Å². The van der Waals surface area contributed by atoms with Gasteiger partial charge in [-0.1, -0.05) is 23.4 Å². The quantitative estimate of drug-likeness (QED) is 0.178. The molecular formula is C23H18BrClN6O3S. The lowest BCUT2D eigenvalue weighted by atomic mass is 10.2. The van der Waals surface area contributed by atoms with E-state index in [0.717, 1.165) is 11.3 Å². The number of hydrogen-bond donors (Lipinski definition) is 2. The van der Waals surface area contributed by atoms with Gasteiger partial charge in [-0.25, -0.2) is 5.43 Å². The molecule has 0 saturated heterocycles. The van der Waals surface area contributed by atoms with Gasteiger partial charge in [0.1, 0.15) is 0 Å². The van der Waals surface area contributed by atoms with Gasteiger partial charge in [0.05, 0.1) is 23.5 Å². The number of nitrogens with zero attached hydrogens (tertiary/aromatic N) is 5. The van der Waals surface area contributed by atoms with E-state index in [2.05, 4.69) is 41.6 Å². The number of nitrogens with one attached hydrogen (secondary N) is 1. The highest BCUT2D eigenvalue weighted by molar-refractivity contribution is 9.10. The maximum atomic E-state index is 12.4. The Morgan fingerprint density at radius 2 is 1.97 bits per heavy atom. The second-order valence-corrected chi connectivity index (χ2v) is 9.22. The Morgan fingerprint density at radius 3 is 2.69 bits per heavy atom. The number of aromatic nitrogens is 4. The number of hydrazone groups is 1. The summed E-state index contributed by atoms with van der Waals surface area (Å²) in [4.78, 5) is 16.5. The van der Waals surface area contributed by atoms with E-state index in [1.165, 1.54) is 25.1 Å². The number of thioether (sulfide) groups is 1. The molecule has 12 heteroatoms. The highest BCUT2D eigenvalue weighted by Gasteiger charge is 2.17. The molecule has 4 rings (SSSR count). The van der Waals surface area contributed by atoms with Crippen LogP contribution in [0.2, 0.25) is 5.02 Å². The number of phenols is 1. The van der Waals surface area contributed by atoms with Crippen molar-refractivity contribution in [3.63, 3.8) is 0 Å². The first-order valence-electron chi connectivity index (χ1n) is 10.1. The van der Waals surface area contributed by atoms with Crippen molar-refractivity contribution in [3.8, 4) is 28.6 Å². The maximum Gasteiger partial charge on any atom is 0.250 e. The van der Waals surface area contributed by atoms with Crippen molar-refractivity contribution >= 4 is 51.4 Å². The van der Waals surface area contributed by atoms with Crippen LogP contribution in [0.1, 0.15) is 5.56 Å². The zero-order chi connectivity index (χ0) is 24.8. The average Bonchev–Trinajstić information content (AvgIpc) is 3.29. The number of benzene rings is 2. The Hall–Kier alpha value is -3.41. The molecule has 2 heterocycles. The summed E-state index contributed by atoms with van der Waals surface area (Å²) in [6.45, 7) is 0. The van der Waals surface area contributed by atoms with Crippen molar-refractivity contribution in [2.24, 2.45) is 5.10 Å². The molecule has 2 aromatic carbocycles. The van der Waals surface area contributed by atoms with Crippen LogP contribution in [0, 0.1) is 0 Å².